The van der Waals surface area contributed by atoms with Gasteiger partial charge in [-0.1, -0.05) is 12.1 Å². The Labute approximate surface area is 108 Å². The van der Waals surface area contributed by atoms with Crippen LogP contribution in [0.4, 0.5) is 5.69 Å². The minimum atomic E-state index is -0.430. The summed E-state index contributed by atoms with van der Waals surface area (Å²) in [4.78, 5) is 10.3. The number of nitro benzene ring substituents is 1. The lowest BCUT2D eigenvalue weighted by molar-refractivity contribution is -0.385. The highest BCUT2D eigenvalue weighted by molar-refractivity contribution is 9.10. The molecule has 6 heteroatoms. The van der Waals surface area contributed by atoms with E-state index in [1.54, 1.807) is 12.1 Å². The van der Waals surface area contributed by atoms with Gasteiger partial charge in [-0.15, -0.1) is 0 Å². The highest BCUT2D eigenvalue weighted by Gasteiger charge is 2.16. The second kappa shape index (κ2) is 5.57. The van der Waals surface area contributed by atoms with Crippen LogP contribution in [0.15, 0.2) is 22.7 Å². The van der Waals surface area contributed by atoms with Crippen LogP contribution >= 0.6 is 15.9 Å². The van der Waals surface area contributed by atoms with Gasteiger partial charge < -0.3 is 10.5 Å². The molecule has 1 rings (SSSR count). The van der Waals surface area contributed by atoms with Crippen molar-refractivity contribution in [2.24, 2.45) is 5.73 Å². The van der Waals surface area contributed by atoms with Crippen molar-refractivity contribution in [3.63, 3.8) is 0 Å². The minimum absolute atomic E-state index is 0.0399. The second-order valence-corrected chi connectivity index (χ2v) is 5.28. The topological polar surface area (TPSA) is 78.4 Å². The van der Waals surface area contributed by atoms with Crippen molar-refractivity contribution >= 4 is 21.6 Å². The number of benzene rings is 1. The van der Waals surface area contributed by atoms with Crippen LogP contribution in [0.2, 0.25) is 0 Å². The molecule has 94 valence electrons. The van der Waals surface area contributed by atoms with Crippen molar-refractivity contribution in [3.8, 4) is 0 Å². The summed E-state index contributed by atoms with van der Waals surface area (Å²) < 4.78 is 5.88. The first-order valence-corrected chi connectivity index (χ1v) is 5.89. The van der Waals surface area contributed by atoms with Crippen molar-refractivity contribution in [3.05, 3.63) is 38.3 Å². The van der Waals surface area contributed by atoms with Crippen molar-refractivity contribution < 1.29 is 9.66 Å². The molecule has 0 aliphatic rings. The van der Waals surface area contributed by atoms with Crippen LogP contribution in [0, 0.1) is 10.1 Å². The molecule has 0 amide bonds. The van der Waals surface area contributed by atoms with Crippen LogP contribution in [0.25, 0.3) is 0 Å². The summed E-state index contributed by atoms with van der Waals surface area (Å²) in [6, 6.07) is 4.86. The van der Waals surface area contributed by atoms with Crippen LogP contribution < -0.4 is 5.73 Å². The molecule has 0 saturated carbocycles. The van der Waals surface area contributed by atoms with Gasteiger partial charge in [0.2, 0.25) is 0 Å². The predicted octanol–water partition coefficient (Wildman–Crippen LogP) is 2.61. The lowest BCUT2D eigenvalue weighted by Crippen LogP contribution is -2.37. The minimum Gasteiger partial charge on any atom is -0.375 e. The monoisotopic (exact) mass is 302 g/mol. The van der Waals surface area contributed by atoms with Gasteiger partial charge in [-0.05, 0) is 35.3 Å². The SMILES string of the molecule is CC(C)(N)COCc1cccc([N+](=O)[O-])c1Br. The first-order chi connectivity index (χ1) is 7.81. The zero-order valence-electron chi connectivity index (χ0n) is 9.77. The van der Waals surface area contributed by atoms with E-state index in [1.165, 1.54) is 6.07 Å². The van der Waals surface area contributed by atoms with E-state index in [2.05, 4.69) is 15.9 Å². The van der Waals surface area contributed by atoms with Crippen molar-refractivity contribution in [1.29, 1.82) is 0 Å². The van der Waals surface area contributed by atoms with Gasteiger partial charge in [-0.2, -0.15) is 0 Å². The van der Waals surface area contributed by atoms with E-state index < -0.39 is 10.5 Å². The summed E-state index contributed by atoms with van der Waals surface area (Å²) >= 11 is 3.21. The largest absolute Gasteiger partial charge is 0.375 e. The highest BCUT2D eigenvalue weighted by Crippen LogP contribution is 2.28. The standard InChI is InChI=1S/C11H15BrN2O3/c1-11(2,13)7-17-6-8-4-3-5-9(10(8)12)14(15)16/h3-5H,6-7,13H2,1-2H3. The van der Waals surface area contributed by atoms with Crippen LogP contribution in [-0.2, 0) is 11.3 Å². The zero-order chi connectivity index (χ0) is 13.1. The fraction of sp³-hybridized carbons (Fsp3) is 0.455. The van der Waals surface area contributed by atoms with Crippen LogP contribution in [-0.4, -0.2) is 17.1 Å². The Morgan fingerprint density at radius 3 is 2.71 bits per heavy atom. The Hall–Kier alpha value is -0.980. The number of ether oxygens (including phenoxy) is 1. The van der Waals surface area contributed by atoms with Gasteiger partial charge in [0.05, 0.1) is 18.1 Å². The zero-order valence-corrected chi connectivity index (χ0v) is 11.4. The third kappa shape index (κ3) is 4.41. The van der Waals surface area contributed by atoms with Gasteiger partial charge in [-0.3, -0.25) is 10.1 Å². The summed E-state index contributed by atoms with van der Waals surface area (Å²) in [5, 5.41) is 10.7. The Morgan fingerprint density at radius 1 is 1.53 bits per heavy atom. The number of nitrogens with zero attached hydrogens (tertiary/aromatic N) is 1. The van der Waals surface area contributed by atoms with E-state index in [9.17, 15) is 10.1 Å². The summed E-state index contributed by atoms with van der Waals surface area (Å²) in [7, 11) is 0. The summed E-state index contributed by atoms with van der Waals surface area (Å²) in [5.74, 6) is 0. The van der Waals surface area contributed by atoms with Crippen LogP contribution in [0.5, 0.6) is 0 Å². The Morgan fingerprint density at radius 2 is 2.18 bits per heavy atom. The van der Waals surface area contributed by atoms with E-state index in [4.69, 9.17) is 10.5 Å². The molecule has 0 aromatic heterocycles. The molecule has 0 heterocycles. The lowest BCUT2D eigenvalue weighted by Gasteiger charge is -2.18. The first-order valence-electron chi connectivity index (χ1n) is 5.09. The van der Waals surface area contributed by atoms with E-state index in [0.29, 0.717) is 17.7 Å². The molecule has 0 radical (unpaired) electrons. The maximum atomic E-state index is 10.7. The molecule has 0 bridgehead atoms. The highest BCUT2D eigenvalue weighted by atomic mass is 79.9. The summed E-state index contributed by atoms with van der Waals surface area (Å²) in [6.45, 7) is 4.40. The molecule has 0 unspecified atom stereocenters. The molecule has 0 atom stereocenters. The number of nitrogens with two attached hydrogens (primary N) is 1. The van der Waals surface area contributed by atoms with Crippen molar-refractivity contribution in [2.45, 2.75) is 26.0 Å². The molecule has 0 saturated heterocycles. The normalized spacial score (nSPS) is 11.5. The molecule has 0 spiro atoms. The van der Waals surface area contributed by atoms with Gasteiger partial charge in [0.25, 0.3) is 5.69 Å². The number of hydrogen-bond acceptors (Lipinski definition) is 4. The molecular formula is C11H15BrN2O3. The quantitative estimate of drug-likeness (QED) is 0.670. The number of halogens is 1. The Balaban J connectivity index is 2.72. The number of rotatable bonds is 5. The molecule has 1 aromatic carbocycles. The number of hydrogen-bond donors (Lipinski definition) is 1. The molecule has 17 heavy (non-hydrogen) atoms. The van der Waals surface area contributed by atoms with Crippen LogP contribution in [0.3, 0.4) is 0 Å². The van der Waals surface area contributed by atoms with Gasteiger partial charge in [0.1, 0.15) is 4.47 Å². The van der Waals surface area contributed by atoms with E-state index in [-0.39, 0.29) is 5.69 Å². The average Bonchev–Trinajstić information content (AvgIpc) is 2.18. The lowest BCUT2D eigenvalue weighted by atomic mass is 10.1. The molecule has 0 fully saturated rings. The predicted molar refractivity (Wildman–Crippen MR) is 68.7 cm³/mol. The van der Waals surface area contributed by atoms with Gasteiger partial charge in [0.15, 0.2) is 0 Å². The third-order valence-electron chi connectivity index (χ3n) is 1.99. The van der Waals surface area contributed by atoms with Crippen molar-refractivity contribution in [2.75, 3.05) is 6.61 Å². The average molecular weight is 303 g/mol. The fourth-order valence-corrected chi connectivity index (χ4v) is 1.77. The van der Waals surface area contributed by atoms with Gasteiger partial charge in [0, 0.05) is 11.6 Å². The maximum Gasteiger partial charge on any atom is 0.283 e. The van der Waals surface area contributed by atoms with E-state index >= 15 is 0 Å². The smallest absolute Gasteiger partial charge is 0.283 e. The molecular weight excluding hydrogens is 288 g/mol. The van der Waals surface area contributed by atoms with E-state index in [1.807, 2.05) is 13.8 Å². The molecule has 5 nitrogen and oxygen atoms in total. The maximum absolute atomic E-state index is 10.7. The third-order valence-corrected chi connectivity index (χ3v) is 2.90. The Kier molecular flexibility index (Phi) is 4.62. The first kappa shape index (κ1) is 14.1. The summed E-state index contributed by atoms with van der Waals surface area (Å²) in [6.07, 6.45) is 0. The molecule has 2 N–H and O–H groups in total. The summed E-state index contributed by atoms with van der Waals surface area (Å²) in [5.41, 5.74) is 6.14. The molecule has 0 aliphatic heterocycles. The number of nitro groups is 1. The molecule has 1 aromatic rings. The van der Waals surface area contributed by atoms with Crippen LogP contribution in [0.1, 0.15) is 19.4 Å². The van der Waals surface area contributed by atoms with Gasteiger partial charge in [-0.25, -0.2) is 0 Å². The Bertz CT molecular complexity index is 416. The molecule has 0 aliphatic carbocycles. The fourth-order valence-electron chi connectivity index (χ4n) is 1.24. The van der Waals surface area contributed by atoms with Crippen molar-refractivity contribution in [1.82, 2.24) is 0 Å². The second-order valence-electron chi connectivity index (χ2n) is 4.49. The van der Waals surface area contributed by atoms with Gasteiger partial charge >= 0.3 is 0 Å². The van der Waals surface area contributed by atoms with E-state index in [0.717, 1.165) is 5.56 Å².